The zero-order valence-corrected chi connectivity index (χ0v) is 75.7. The molecule has 1 fully saturated rings. The Balaban J connectivity index is 1.21. The van der Waals surface area contributed by atoms with Crippen LogP contribution in [0, 0.1) is 29.6 Å². The lowest BCUT2D eigenvalue weighted by molar-refractivity contribution is -0.152. The number of aromatic amines is 1. The smallest absolute Gasteiger partial charge is 0.293 e. The minimum Gasteiger partial charge on any atom is -0.508 e. The number of hydrogen-bond donors (Lipinski definition) is 10. The summed E-state index contributed by atoms with van der Waals surface area (Å²) in [6.45, 7) is 8.52. The molecule has 1 aliphatic heterocycles. The van der Waals surface area contributed by atoms with Gasteiger partial charge in [0.25, 0.3) is 6.47 Å². The number of fused-ring (bicyclic) bond motifs is 1. The van der Waals surface area contributed by atoms with Crippen LogP contribution >= 0.6 is 11.8 Å². The number of Topliss-reactive ketones (excluding diaryl/α,β-unsaturated/α-hetero) is 3. The lowest BCUT2D eigenvalue weighted by atomic mass is 9.84. The number of nitrogens with two attached hydrogens (primary N) is 1. The second-order valence-electron chi connectivity index (χ2n) is 33.9. The number of likely N-dealkylation sites (N-methyl/N-ethyl adjacent to an activating group) is 5. The fourth-order valence-electron chi connectivity index (χ4n) is 15.6. The minimum atomic E-state index is -1.58. The minimum absolute atomic E-state index is 0.0643. The van der Waals surface area contributed by atoms with Crippen LogP contribution in [0.1, 0.15) is 113 Å². The Kier molecular flexibility index (Phi) is 38.7. The molecule has 6 aromatic carbocycles. The summed E-state index contributed by atoms with van der Waals surface area (Å²) < 4.78 is 5.16. The van der Waals surface area contributed by atoms with Crippen LogP contribution < -0.4 is 37.6 Å². The number of aromatic hydroxyl groups is 2. The zero-order chi connectivity index (χ0) is 94.3. The van der Waals surface area contributed by atoms with E-state index in [9.17, 15) is 43.8 Å². The first-order valence-electron chi connectivity index (χ1n) is 43.2. The van der Waals surface area contributed by atoms with Crippen molar-refractivity contribution in [2.75, 3.05) is 66.4 Å². The number of benzene rings is 6. The molecule has 0 aliphatic carbocycles. The Morgan fingerprint density at radius 3 is 1.53 bits per heavy atom. The standard InChI is InChI=1S/C96H121N13O19S/c1-12-60(6)87-96(127)105(7)52-70(113)48-67(54-128-57-110)83(115)50-72(59(4)5)92(123)107(9)80(46-62-26-18-14-19-27-62)91(122)103-77(45-65-34-38-69(112)39-35-65)93(124)106(8)53-85(117)99-76(49-66-51-98-73-31-23-22-30-71(66)73)90(121)102-75(43-64-32-36-68(111)37-33-64)89(120)101-74(42-58(2)3)88(119)104-79(82(114)40-41-84(97)116)55-129-56-86(118)100-78(44-61-24-16-13-17-25-61)94(125)108(10)81(95(126)109(87)11)47-63-28-20-15-21-29-63/h13-39,51,57-60,67,72,74-81,87,98,111-112H,12,40-50,52-56H2,1-11H3,(H2,97,116)(H,99,117)(H,100,118)(H,101,120)(H,102,121)(H,103,122)(H,104,119)/t60-,67-,72-,74-,75-,76-,77-,78-,79-,80-,81-,87-/m0/s1. The monoisotopic (exact) mass is 1790 g/mol. The Labute approximate surface area is 756 Å². The number of amides is 12. The van der Waals surface area contributed by atoms with E-state index in [0.29, 0.717) is 50.7 Å². The topological polar surface area (TPSA) is 453 Å². The van der Waals surface area contributed by atoms with Crippen molar-refractivity contribution in [3.05, 3.63) is 203 Å². The van der Waals surface area contributed by atoms with Crippen LogP contribution in [0.5, 0.6) is 11.5 Å². The van der Waals surface area contributed by atoms with E-state index in [1.54, 1.807) is 163 Å². The van der Waals surface area contributed by atoms with E-state index in [0.717, 1.165) is 26.5 Å². The molecule has 0 spiro atoms. The van der Waals surface area contributed by atoms with Crippen molar-refractivity contribution in [1.82, 2.24) is 61.4 Å². The molecule has 0 radical (unpaired) electrons. The molecular weight excluding hydrogens is 1670 g/mol. The Morgan fingerprint density at radius 1 is 0.496 bits per heavy atom. The molecule has 2 heterocycles. The number of carbonyl (C=O) groups is 16. The number of ketones is 3. The summed E-state index contributed by atoms with van der Waals surface area (Å²) in [7, 11) is 6.80. The number of nitrogens with zero attached hydrogens (tertiary/aromatic N) is 5. The van der Waals surface area contributed by atoms with Gasteiger partial charge in [0, 0.05) is 128 Å². The van der Waals surface area contributed by atoms with Gasteiger partial charge in [-0.2, -0.15) is 0 Å². The molecule has 12 amide bonds. The van der Waals surface area contributed by atoms with Gasteiger partial charge >= 0.3 is 0 Å². The summed E-state index contributed by atoms with van der Waals surface area (Å²) in [5.74, 6) is -16.9. The molecule has 7 aromatic rings. The molecule has 12 atom stereocenters. The summed E-state index contributed by atoms with van der Waals surface area (Å²) in [4.78, 5) is 244. The summed E-state index contributed by atoms with van der Waals surface area (Å²) in [6.07, 6.45) is -1.26. The van der Waals surface area contributed by atoms with E-state index >= 15 is 43.2 Å². The number of phenolic OH excluding ortho intramolecular Hbond substituents is 2. The van der Waals surface area contributed by atoms with Gasteiger partial charge in [0.05, 0.1) is 30.8 Å². The number of rotatable bonds is 24. The van der Waals surface area contributed by atoms with Crippen LogP contribution in [0.3, 0.4) is 0 Å². The third-order valence-corrected chi connectivity index (χ3v) is 24.2. The maximum absolute atomic E-state index is 15.6. The van der Waals surface area contributed by atoms with Crippen molar-refractivity contribution >= 4 is 117 Å². The fourth-order valence-corrected chi connectivity index (χ4v) is 16.5. The number of aromatic nitrogens is 1. The zero-order valence-electron chi connectivity index (χ0n) is 74.9. The summed E-state index contributed by atoms with van der Waals surface area (Å²) in [6, 6.07) is 31.7. The van der Waals surface area contributed by atoms with E-state index in [-0.39, 0.29) is 74.6 Å². The first-order chi connectivity index (χ1) is 61.4. The highest BCUT2D eigenvalue weighted by Crippen LogP contribution is 2.28. The number of phenols is 2. The summed E-state index contributed by atoms with van der Waals surface area (Å²) in [5.41, 5.74) is 9.35. The second-order valence-corrected chi connectivity index (χ2v) is 35.0. The lowest BCUT2D eigenvalue weighted by Crippen LogP contribution is -2.60. The van der Waals surface area contributed by atoms with Crippen molar-refractivity contribution in [2.45, 2.75) is 173 Å². The Bertz CT molecular complexity index is 5040. The van der Waals surface area contributed by atoms with E-state index < -0.39 is 217 Å². The van der Waals surface area contributed by atoms with Gasteiger partial charge in [0.2, 0.25) is 70.9 Å². The van der Waals surface area contributed by atoms with Crippen LogP contribution in [-0.2, 0) is 120 Å². The van der Waals surface area contributed by atoms with Gasteiger partial charge in [0.15, 0.2) is 11.6 Å². The molecule has 11 N–H and O–H groups in total. The van der Waals surface area contributed by atoms with Crippen LogP contribution in [-0.4, -0.2) is 255 Å². The number of H-pyrrole nitrogens is 1. The average Bonchev–Trinajstić information content (AvgIpc) is 1.49. The van der Waals surface area contributed by atoms with Gasteiger partial charge in [-0.05, 0) is 87.9 Å². The summed E-state index contributed by atoms with van der Waals surface area (Å²) >= 11 is 0.880. The van der Waals surface area contributed by atoms with Crippen molar-refractivity contribution < 1.29 is 91.7 Å². The molecule has 690 valence electrons. The number of ether oxygens (including phenoxy) is 1. The molecule has 1 saturated heterocycles. The van der Waals surface area contributed by atoms with Gasteiger partial charge in [-0.15, -0.1) is 11.8 Å². The first kappa shape index (κ1) is 101. The number of hydrogen-bond acceptors (Lipinski definition) is 20. The highest BCUT2D eigenvalue weighted by Gasteiger charge is 2.43. The maximum Gasteiger partial charge on any atom is 0.293 e. The number of thioether (sulfide) groups is 1. The van der Waals surface area contributed by atoms with Gasteiger partial charge in [-0.25, -0.2) is 0 Å². The van der Waals surface area contributed by atoms with Crippen molar-refractivity contribution in [3.8, 4) is 11.5 Å². The molecule has 8 rings (SSSR count). The van der Waals surface area contributed by atoms with Crippen LogP contribution in [0.2, 0.25) is 0 Å². The highest BCUT2D eigenvalue weighted by atomic mass is 32.2. The largest absolute Gasteiger partial charge is 0.508 e. The average molecular weight is 1790 g/mol. The van der Waals surface area contributed by atoms with E-state index in [4.69, 9.17) is 10.5 Å². The van der Waals surface area contributed by atoms with Crippen LogP contribution in [0.4, 0.5) is 0 Å². The van der Waals surface area contributed by atoms with Crippen LogP contribution in [0.25, 0.3) is 10.9 Å². The molecule has 1 aromatic heterocycles. The van der Waals surface area contributed by atoms with E-state index in [1.807, 2.05) is 0 Å². The normalized spacial score (nSPS) is 22.3. The summed E-state index contributed by atoms with van der Waals surface area (Å²) in [5, 5.41) is 38.2. The molecule has 0 unspecified atom stereocenters. The first-order valence-corrected chi connectivity index (χ1v) is 44.4. The molecule has 0 bridgehead atoms. The second kappa shape index (κ2) is 49.3. The predicted molar refractivity (Wildman–Crippen MR) is 485 cm³/mol. The van der Waals surface area contributed by atoms with Gasteiger partial charge in [-0.1, -0.05) is 181 Å². The highest BCUT2D eigenvalue weighted by molar-refractivity contribution is 8.00. The van der Waals surface area contributed by atoms with E-state index in [1.165, 1.54) is 93.6 Å². The molecule has 32 nitrogen and oxygen atoms in total. The molecular formula is C96H121N13O19S. The molecule has 0 saturated carbocycles. The van der Waals surface area contributed by atoms with Crippen molar-refractivity contribution in [1.29, 1.82) is 0 Å². The molecule has 33 heteroatoms. The molecule has 129 heavy (non-hydrogen) atoms. The third kappa shape index (κ3) is 30.3. The van der Waals surface area contributed by atoms with Gasteiger partial charge < -0.3 is 82.1 Å². The lowest BCUT2D eigenvalue weighted by Gasteiger charge is -2.38. The predicted octanol–water partition coefficient (Wildman–Crippen LogP) is 5.30. The number of carbonyl (C=O) groups excluding carboxylic acids is 16. The number of para-hydroxylation sites is 1. The number of primary amides is 1. The Morgan fingerprint density at radius 2 is 0.977 bits per heavy atom. The fraction of sp³-hybridized carbons (Fsp3) is 0.438. The Hall–Kier alpha value is -13.1. The molecule has 1 aliphatic rings. The van der Waals surface area contributed by atoms with Crippen molar-refractivity contribution in [2.24, 2.45) is 35.3 Å². The number of nitrogens with one attached hydrogen (secondary N) is 7. The van der Waals surface area contributed by atoms with Crippen molar-refractivity contribution in [3.63, 3.8) is 0 Å². The SMILES string of the molecule is CC[C@H](C)[C@H]1C(=O)N(C)CC(=O)C[C@@H](COC=O)C(=O)C[C@@H](C(C)C)C(=O)N(C)[C@@H](Cc2ccccc2)C(=O)N[C@@H](Cc2ccc(O)cc2)C(=O)N(C)CC(=O)N[C@@H](Cc2c[nH]c3ccccc23)C(=O)N[C@@H](Cc2ccc(O)cc2)C(=O)N[C@@H](CC(C)C)C(=O)N[C@H](C(=O)CCC(N)=O)CSCC(=O)N[C@@H](Cc2ccccc2)C(=O)N(C)[C@@H](Cc2ccccc2)C(=O)N1C. The third-order valence-electron chi connectivity index (χ3n) is 23.2. The van der Waals surface area contributed by atoms with Gasteiger partial charge in [0.1, 0.15) is 72.2 Å². The van der Waals surface area contributed by atoms with Crippen LogP contribution in [0.15, 0.2) is 170 Å². The van der Waals surface area contributed by atoms with E-state index in [2.05, 4.69) is 36.9 Å². The van der Waals surface area contributed by atoms with Gasteiger partial charge in [-0.3, -0.25) is 76.7 Å². The maximum atomic E-state index is 15.6. The quantitative estimate of drug-likeness (QED) is 0.0343.